The Hall–Kier alpha value is -1.60. The minimum atomic E-state index is -0.0881. The predicted molar refractivity (Wildman–Crippen MR) is 91.8 cm³/mol. The highest BCUT2D eigenvalue weighted by Gasteiger charge is 2.19. The number of unbranched alkanes of at least 4 members (excludes halogenated alkanes) is 5. The molecule has 0 aromatic heterocycles. The van der Waals surface area contributed by atoms with Crippen LogP contribution >= 0.6 is 0 Å². The van der Waals surface area contributed by atoms with Gasteiger partial charge in [-0.25, -0.2) is 4.79 Å². The van der Waals surface area contributed by atoms with Gasteiger partial charge in [0.25, 0.3) is 0 Å². The summed E-state index contributed by atoms with van der Waals surface area (Å²) >= 11 is 0. The Morgan fingerprint density at radius 2 is 1.77 bits per heavy atom. The summed E-state index contributed by atoms with van der Waals surface area (Å²) in [7, 11) is 0. The van der Waals surface area contributed by atoms with Crippen LogP contribution in [-0.2, 0) is 10.2 Å². The SMILES string of the molecule is CCCCCCCCOc1ccc(N=C=O)c(C(C)(C)C)c1. The average molecular weight is 303 g/mol. The first-order valence-corrected chi connectivity index (χ1v) is 8.34. The lowest BCUT2D eigenvalue weighted by molar-refractivity contribution is 0.303. The molecule has 0 spiro atoms. The van der Waals surface area contributed by atoms with Crippen molar-refractivity contribution in [2.24, 2.45) is 4.99 Å². The van der Waals surface area contributed by atoms with E-state index in [0.717, 1.165) is 24.3 Å². The maximum atomic E-state index is 10.5. The van der Waals surface area contributed by atoms with Crippen molar-refractivity contribution in [3.05, 3.63) is 23.8 Å². The molecule has 0 unspecified atom stereocenters. The fraction of sp³-hybridized carbons (Fsp3) is 0.632. The molecule has 1 rings (SSSR count). The third kappa shape index (κ3) is 6.44. The first-order chi connectivity index (χ1) is 10.5. The maximum Gasteiger partial charge on any atom is 0.240 e. The molecular weight excluding hydrogens is 274 g/mol. The van der Waals surface area contributed by atoms with E-state index in [9.17, 15) is 4.79 Å². The first-order valence-electron chi connectivity index (χ1n) is 8.34. The number of carbonyl (C=O) groups excluding carboxylic acids is 1. The lowest BCUT2D eigenvalue weighted by Crippen LogP contribution is -2.11. The van der Waals surface area contributed by atoms with Gasteiger partial charge in [-0.3, -0.25) is 0 Å². The quantitative estimate of drug-likeness (QED) is 0.334. The van der Waals surface area contributed by atoms with Crippen molar-refractivity contribution in [2.45, 2.75) is 71.6 Å². The molecule has 0 amide bonds. The second-order valence-electron chi connectivity index (χ2n) is 6.75. The molecule has 0 aliphatic heterocycles. The summed E-state index contributed by atoms with van der Waals surface area (Å²) in [6.45, 7) is 9.28. The van der Waals surface area contributed by atoms with E-state index in [2.05, 4.69) is 32.7 Å². The van der Waals surface area contributed by atoms with Crippen LogP contribution in [-0.4, -0.2) is 12.7 Å². The minimum absolute atomic E-state index is 0.0881. The van der Waals surface area contributed by atoms with Crippen molar-refractivity contribution in [2.75, 3.05) is 6.61 Å². The Kier molecular flexibility index (Phi) is 7.90. The number of ether oxygens (including phenoxy) is 1. The molecule has 0 radical (unpaired) electrons. The maximum absolute atomic E-state index is 10.5. The summed E-state index contributed by atoms with van der Waals surface area (Å²) in [5.41, 5.74) is 1.60. The average Bonchev–Trinajstić information content (AvgIpc) is 2.47. The number of rotatable bonds is 9. The Morgan fingerprint density at radius 1 is 1.09 bits per heavy atom. The number of isocyanates is 1. The van der Waals surface area contributed by atoms with Gasteiger partial charge in [-0.1, -0.05) is 59.8 Å². The second kappa shape index (κ2) is 9.42. The molecule has 0 bridgehead atoms. The van der Waals surface area contributed by atoms with Gasteiger partial charge >= 0.3 is 0 Å². The van der Waals surface area contributed by atoms with Crippen molar-refractivity contribution < 1.29 is 9.53 Å². The van der Waals surface area contributed by atoms with Gasteiger partial charge in [-0.05, 0) is 35.6 Å². The van der Waals surface area contributed by atoms with Crippen LogP contribution in [0.4, 0.5) is 5.69 Å². The fourth-order valence-corrected chi connectivity index (χ4v) is 2.42. The summed E-state index contributed by atoms with van der Waals surface area (Å²) in [4.78, 5) is 14.3. The van der Waals surface area contributed by atoms with Gasteiger partial charge in [0, 0.05) is 0 Å². The lowest BCUT2D eigenvalue weighted by Gasteiger charge is -2.21. The molecule has 0 atom stereocenters. The molecule has 3 nitrogen and oxygen atoms in total. The van der Waals surface area contributed by atoms with Crippen LogP contribution in [0.3, 0.4) is 0 Å². The normalized spacial score (nSPS) is 11.1. The zero-order valence-corrected chi connectivity index (χ0v) is 14.4. The van der Waals surface area contributed by atoms with Gasteiger partial charge in [0.2, 0.25) is 6.08 Å². The molecule has 1 aromatic rings. The van der Waals surface area contributed by atoms with Gasteiger partial charge in [-0.2, -0.15) is 4.99 Å². The predicted octanol–water partition coefficient (Wildman–Crippen LogP) is 5.69. The zero-order valence-electron chi connectivity index (χ0n) is 14.4. The third-order valence-corrected chi connectivity index (χ3v) is 3.71. The monoisotopic (exact) mass is 303 g/mol. The molecule has 3 heteroatoms. The van der Waals surface area contributed by atoms with Crippen LogP contribution < -0.4 is 4.74 Å². The molecule has 1 aromatic carbocycles. The highest BCUT2D eigenvalue weighted by atomic mass is 16.5. The van der Waals surface area contributed by atoms with Gasteiger partial charge in [0.1, 0.15) is 5.75 Å². The summed E-state index contributed by atoms with van der Waals surface area (Å²) < 4.78 is 5.84. The van der Waals surface area contributed by atoms with Crippen LogP contribution in [0.25, 0.3) is 0 Å². The van der Waals surface area contributed by atoms with E-state index in [4.69, 9.17) is 4.74 Å². The van der Waals surface area contributed by atoms with Gasteiger partial charge in [-0.15, -0.1) is 0 Å². The standard InChI is InChI=1S/C19H29NO2/c1-5-6-7-8-9-10-13-22-16-11-12-18(20-15-21)17(14-16)19(2,3)4/h11-12,14H,5-10,13H2,1-4H3. The van der Waals surface area contributed by atoms with Crippen LogP contribution in [0.15, 0.2) is 23.2 Å². The number of hydrogen-bond acceptors (Lipinski definition) is 3. The van der Waals surface area contributed by atoms with Crippen molar-refractivity contribution in [1.29, 1.82) is 0 Å². The molecule has 0 fully saturated rings. The van der Waals surface area contributed by atoms with Gasteiger partial charge in [0.05, 0.1) is 12.3 Å². The number of hydrogen-bond donors (Lipinski definition) is 0. The molecular formula is C19H29NO2. The van der Waals surface area contributed by atoms with E-state index in [0.29, 0.717) is 5.69 Å². The second-order valence-corrected chi connectivity index (χ2v) is 6.75. The molecule has 0 heterocycles. The highest BCUT2D eigenvalue weighted by molar-refractivity contribution is 5.58. The first kappa shape index (κ1) is 18.4. The Labute approximate surface area is 134 Å². The summed E-state index contributed by atoms with van der Waals surface area (Å²) in [6.07, 6.45) is 9.15. The lowest BCUT2D eigenvalue weighted by atomic mass is 9.85. The van der Waals surface area contributed by atoms with E-state index in [1.54, 1.807) is 6.08 Å². The summed E-state index contributed by atoms with van der Waals surface area (Å²) in [5, 5.41) is 0. The molecule has 0 N–H and O–H groups in total. The highest BCUT2D eigenvalue weighted by Crippen LogP contribution is 2.34. The third-order valence-electron chi connectivity index (χ3n) is 3.71. The largest absolute Gasteiger partial charge is 0.494 e. The number of aliphatic imine (C=N–C) groups is 1. The van der Waals surface area contributed by atoms with Crippen LogP contribution in [0.2, 0.25) is 0 Å². The van der Waals surface area contributed by atoms with E-state index < -0.39 is 0 Å². The van der Waals surface area contributed by atoms with E-state index in [1.165, 1.54) is 32.1 Å². The minimum Gasteiger partial charge on any atom is -0.494 e. The fourth-order valence-electron chi connectivity index (χ4n) is 2.42. The smallest absolute Gasteiger partial charge is 0.240 e. The molecule has 22 heavy (non-hydrogen) atoms. The van der Waals surface area contributed by atoms with E-state index in [1.807, 2.05) is 18.2 Å². The van der Waals surface area contributed by atoms with Crippen LogP contribution in [0.5, 0.6) is 5.75 Å². The molecule has 0 saturated carbocycles. The summed E-state index contributed by atoms with van der Waals surface area (Å²) in [6, 6.07) is 5.71. The molecule has 0 aliphatic carbocycles. The van der Waals surface area contributed by atoms with Gasteiger partial charge < -0.3 is 4.74 Å². The van der Waals surface area contributed by atoms with Crippen molar-refractivity contribution in [3.63, 3.8) is 0 Å². The Morgan fingerprint density at radius 3 is 2.41 bits per heavy atom. The number of nitrogens with zero attached hydrogens (tertiary/aromatic N) is 1. The number of benzene rings is 1. The van der Waals surface area contributed by atoms with Gasteiger partial charge in [0.15, 0.2) is 0 Å². The van der Waals surface area contributed by atoms with Crippen molar-refractivity contribution in [1.82, 2.24) is 0 Å². The van der Waals surface area contributed by atoms with Crippen molar-refractivity contribution >= 4 is 11.8 Å². The summed E-state index contributed by atoms with van der Waals surface area (Å²) in [5.74, 6) is 0.850. The molecule has 0 aliphatic rings. The van der Waals surface area contributed by atoms with E-state index in [-0.39, 0.29) is 5.41 Å². The molecule has 122 valence electrons. The van der Waals surface area contributed by atoms with E-state index >= 15 is 0 Å². The topological polar surface area (TPSA) is 38.7 Å². The molecule has 0 saturated heterocycles. The Bertz CT molecular complexity index is 497. The van der Waals surface area contributed by atoms with Crippen LogP contribution in [0, 0.1) is 0 Å². The van der Waals surface area contributed by atoms with Crippen molar-refractivity contribution in [3.8, 4) is 5.75 Å². The van der Waals surface area contributed by atoms with Crippen LogP contribution in [0.1, 0.15) is 71.8 Å². The zero-order chi connectivity index (χ0) is 16.4. The Balaban J connectivity index is 2.56.